The lowest BCUT2D eigenvalue weighted by molar-refractivity contribution is -0.384. The van der Waals surface area contributed by atoms with Gasteiger partial charge in [0.15, 0.2) is 0 Å². The molecule has 0 saturated heterocycles. The number of aryl methyl sites for hydroxylation is 1. The van der Waals surface area contributed by atoms with Crippen LogP contribution in [0.15, 0.2) is 84.6 Å². The summed E-state index contributed by atoms with van der Waals surface area (Å²) in [4.78, 5) is 40.3. The van der Waals surface area contributed by atoms with E-state index in [1.54, 1.807) is 30.1 Å². The number of imide groups is 1. The Balaban J connectivity index is 1.87. The summed E-state index contributed by atoms with van der Waals surface area (Å²) in [6.07, 6.45) is 0. The number of amides is 2. The topological polar surface area (TPSA) is 83.8 Å². The van der Waals surface area contributed by atoms with Gasteiger partial charge in [-0.3, -0.25) is 19.7 Å². The molecule has 0 radical (unpaired) electrons. The molecule has 0 fully saturated rings. The van der Waals surface area contributed by atoms with Crippen molar-refractivity contribution < 1.29 is 14.5 Å². The molecule has 0 aromatic heterocycles. The van der Waals surface area contributed by atoms with Crippen LogP contribution in [-0.4, -0.2) is 23.8 Å². The van der Waals surface area contributed by atoms with Gasteiger partial charge in [-0.25, -0.2) is 4.90 Å². The molecule has 4 rings (SSSR count). The number of nitro groups is 1. The maximum absolute atomic E-state index is 13.5. The Morgan fingerprint density at radius 1 is 0.871 bits per heavy atom. The SMILES string of the molecule is Cc1cccc(N2C(=O)C(c3ccc([N+](=O)[O-])cc3)=C(N(C)c3ccccc3)C2=O)c1. The summed E-state index contributed by atoms with van der Waals surface area (Å²) < 4.78 is 0. The highest BCUT2D eigenvalue weighted by Crippen LogP contribution is 2.36. The lowest BCUT2D eigenvalue weighted by atomic mass is 10.0. The fourth-order valence-corrected chi connectivity index (χ4v) is 3.62. The van der Waals surface area contributed by atoms with Crippen LogP contribution in [0.5, 0.6) is 0 Å². The number of hydrogen-bond acceptors (Lipinski definition) is 5. The van der Waals surface area contributed by atoms with Crippen LogP contribution in [0.25, 0.3) is 5.57 Å². The highest BCUT2D eigenvalue weighted by molar-refractivity contribution is 6.46. The highest BCUT2D eigenvalue weighted by atomic mass is 16.6. The quantitative estimate of drug-likeness (QED) is 0.353. The molecule has 0 atom stereocenters. The van der Waals surface area contributed by atoms with E-state index < -0.39 is 16.7 Å². The number of benzene rings is 3. The first-order chi connectivity index (χ1) is 14.9. The normalized spacial score (nSPS) is 13.7. The number of carbonyl (C=O) groups is 2. The van der Waals surface area contributed by atoms with Crippen LogP contribution in [0.3, 0.4) is 0 Å². The predicted molar refractivity (Wildman–Crippen MR) is 119 cm³/mol. The number of non-ortho nitro benzene ring substituents is 1. The number of nitrogens with zero attached hydrogens (tertiary/aromatic N) is 3. The monoisotopic (exact) mass is 413 g/mol. The molecule has 0 bridgehead atoms. The lowest BCUT2D eigenvalue weighted by Crippen LogP contribution is -2.34. The zero-order chi connectivity index (χ0) is 22.1. The molecule has 0 spiro atoms. The van der Waals surface area contributed by atoms with Gasteiger partial charge in [-0.05, 0) is 54.4 Å². The van der Waals surface area contributed by atoms with Crippen LogP contribution in [0, 0.1) is 17.0 Å². The Labute approximate surface area is 179 Å². The van der Waals surface area contributed by atoms with Gasteiger partial charge in [-0.15, -0.1) is 0 Å². The molecule has 31 heavy (non-hydrogen) atoms. The van der Waals surface area contributed by atoms with Crippen molar-refractivity contribution >= 4 is 34.4 Å². The summed E-state index contributed by atoms with van der Waals surface area (Å²) in [7, 11) is 1.72. The zero-order valence-corrected chi connectivity index (χ0v) is 17.0. The van der Waals surface area contributed by atoms with Crippen molar-refractivity contribution in [2.45, 2.75) is 6.92 Å². The van der Waals surface area contributed by atoms with Crippen LogP contribution in [-0.2, 0) is 9.59 Å². The molecule has 1 aliphatic rings. The minimum Gasteiger partial charge on any atom is -0.339 e. The number of anilines is 2. The van der Waals surface area contributed by atoms with Crippen LogP contribution < -0.4 is 9.80 Å². The van der Waals surface area contributed by atoms with E-state index in [0.717, 1.165) is 16.2 Å². The van der Waals surface area contributed by atoms with Crippen LogP contribution in [0.2, 0.25) is 0 Å². The van der Waals surface area contributed by atoms with Crippen LogP contribution in [0.1, 0.15) is 11.1 Å². The minimum absolute atomic E-state index is 0.0883. The number of carbonyl (C=O) groups excluding carboxylic acids is 2. The molecule has 7 heteroatoms. The van der Waals surface area contributed by atoms with Crippen molar-refractivity contribution in [3.05, 3.63) is 106 Å². The summed E-state index contributed by atoms with van der Waals surface area (Å²) in [5.74, 6) is -0.919. The van der Waals surface area contributed by atoms with Gasteiger partial charge in [0, 0.05) is 24.9 Å². The van der Waals surface area contributed by atoms with Crippen molar-refractivity contribution in [1.29, 1.82) is 0 Å². The first-order valence-electron chi connectivity index (χ1n) is 9.62. The third kappa shape index (κ3) is 3.57. The van der Waals surface area contributed by atoms with E-state index >= 15 is 0 Å². The Kier molecular flexibility index (Phi) is 5.09. The predicted octanol–water partition coefficient (Wildman–Crippen LogP) is 4.32. The van der Waals surface area contributed by atoms with Gasteiger partial charge in [0.1, 0.15) is 5.70 Å². The first kappa shape index (κ1) is 20.0. The average Bonchev–Trinajstić information content (AvgIpc) is 3.03. The number of nitro benzene ring substituents is 1. The molecule has 7 nitrogen and oxygen atoms in total. The fraction of sp³-hybridized carbons (Fsp3) is 0.0833. The standard InChI is InChI=1S/C24H19N3O4/c1-16-7-6-10-20(15-16)26-23(28)21(17-11-13-19(14-12-17)27(30)31)22(24(26)29)25(2)18-8-4-3-5-9-18/h3-15H,1-2H3. The van der Waals surface area contributed by atoms with Gasteiger partial charge >= 0.3 is 0 Å². The van der Waals surface area contributed by atoms with E-state index in [1.165, 1.54) is 24.3 Å². The fourth-order valence-electron chi connectivity index (χ4n) is 3.62. The maximum Gasteiger partial charge on any atom is 0.282 e. The van der Waals surface area contributed by atoms with E-state index in [0.29, 0.717) is 11.3 Å². The van der Waals surface area contributed by atoms with E-state index in [1.807, 2.05) is 43.3 Å². The van der Waals surface area contributed by atoms with Gasteiger partial charge in [0.25, 0.3) is 17.5 Å². The molecule has 3 aromatic carbocycles. The summed E-state index contributed by atoms with van der Waals surface area (Å²) in [5.41, 5.74) is 2.90. The molecule has 0 N–H and O–H groups in total. The van der Waals surface area contributed by atoms with Crippen molar-refractivity contribution in [3.63, 3.8) is 0 Å². The van der Waals surface area contributed by atoms with Crippen molar-refractivity contribution in [3.8, 4) is 0 Å². The molecule has 0 saturated carbocycles. The third-order valence-electron chi connectivity index (χ3n) is 5.16. The summed E-state index contributed by atoms with van der Waals surface area (Å²) >= 11 is 0. The van der Waals surface area contributed by atoms with Gasteiger partial charge in [0.2, 0.25) is 0 Å². The van der Waals surface area contributed by atoms with Crippen molar-refractivity contribution in [2.24, 2.45) is 0 Å². The number of hydrogen-bond donors (Lipinski definition) is 0. The van der Waals surface area contributed by atoms with E-state index in [9.17, 15) is 19.7 Å². The smallest absolute Gasteiger partial charge is 0.282 e. The zero-order valence-electron chi connectivity index (χ0n) is 17.0. The van der Waals surface area contributed by atoms with Crippen molar-refractivity contribution in [1.82, 2.24) is 0 Å². The number of likely N-dealkylation sites (N-methyl/N-ethyl adjacent to an activating group) is 1. The first-order valence-corrected chi connectivity index (χ1v) is 9.62. The Bertz CT molecular complexity index is 1220. The van der Waals surface area contributed by atoms with Crippen LogP contribution in [0.4, 0.5) is 17.1 Å². The molecule has 0 unspecified atom stereocenters. The Hall–Kier alpha value is -4.26. The largest absolute Gasteiger partial charge is 0.339 e. The van der Waals surface area contributed by atoms with Gasteiger partial charge in [-0.2, -0.15) is 0 Å². The minimum atomic E-state index is -0.504. The second-order valence-electron chi connectivity index (χ2n) is 7.21. The molecule has 1 aliphatic heterocycles. The highest BCUT2D eigenvalue weighted by Gasteiger charge is 2.42. The summed E-state index contributed by atoms with van der Waals surface area (Å²) in [6.45, 7) is 1.89. The summed E-state index contributed by atoms with van der Waals surface area (Å²) in [5, 5.41) is 11.0. The molecular formula is C24H19N3O4. The van der Waals surface area contributed by atoms with Crippen molar-refractivity contribution in [2.75, 3.05) is 16.8 Å². The Morgan fingerprint density at radius 2 is 1.55 bits per heavy atom. The number of rotatable bonds is 5. The average molecular weight is 413 g/mol. The van der Waals surface area contributed by atoms with E-state index in [-0.39, 0.29) is 17.0 Å². The van der Waals surface area contributed by atoms with E-state index in [2.05, 4.69) is 0 Å². The maximum atomic E-state index is 13.5. The molecule has 0 aliphatic carbocycles. The van der Waals surface area contributed by atoms with Gasteiger partial charge in [0.05, 0.1) is 16.2 Å². The van der Waals surface area contributed by atoms with E-state index in [4.69, 9.17) is 0 Å². The lowest BCUT2D eigenvalue weighted by Gasteiger charge is -2.21. The molecule has 154 valence electrons. The van der Waals surface area contributed by atoms with Crippen LogP contribution >= 0.6 is 0 Å². The summed E-state index contributed by atoms with van der Waals surface area (Å²) in [6, 6.07) is 22.0. The van der Waals surface area contributed by atoms with Gasteiger partial charge in [-0.1, -0.05) is 30.3 Å². The second-order valence-corrected chi connectivity index (χ2v) is 7.21. The molecular weight excluding hydrogens is 394 g/mol. The second kappa shape index (κ2) is 7.87. The molecule has 2 amide bonds. The Morgan fingerprint density at radius 3 is 2.16 bits per heavy atom. The third-order valence-corrected chi connectivity index (χ3v) is 5.16. The number of para-hydroxylation sites is 1. The molecule has 1 heterocycles. The van der Waals surface area contributed by atoms with Gasteiger partial charge < -0.3 is 4.90 Å². The molecule has 3 aromatic rings.